The second-order valence-corrected chi connectivity index (χ2v) is 4.09. The molecular weight excluding hydrogens is 232 g/mol. The Balaban J connectivity index is 3.37. The molecule has 0 amide bonds. The lowest BCUT2D eigenvalue weighted by molar-refractivity contribution is 0.416. The number of alkyl halides is 2. The van der Waals surface area contributed by atoms with Gasteiger partial charge in [-0.1, -0.05) is 45.7 Å². The first-order valence-electron chi connectivity index (χ1n) is 2.74. The minimum Gasteiger partial charge on any atom is -0.0928 e. The summed E-state index contributed by atoms with van der Waals surface area (Å²) in [5, 5.41) is 2.19. The smallest absolute Gasteiger partial charge is 0.00829 e. The Labute approximate surface area is 68.3 Å². The molecule has 0 fully saturated rings. The standard InChI is InChI=1S/C6H12Br2/c1-6(2,5-8)3-4-7/h3-5H2,1-2H3. The summed E-state index contributed by atoms with van der Waals surface area (Å²) >= 11 is 6.86. The van der Waals surface area contributed by atoms with Crippen LogP contribution in [0.15, 0.2) is 0 Å². The maximum absolute atomic E-state index is 3.45. The molecule has 0 atom stereocenters. The Bertz CT molecular complexity index is 59.5. The topological polar surface area (TPSA) is 0 Å². The van der Waals surface area contributed by atoms with E-state index in [-0.39, 0.29) is 0 Å². The van der Waals surface area contributed by atoms with Gasteiger partial charge in [-0.2, -0.15) is 0 Å². The van der Waals surface area contributed by atoms with Crippen molar-refractivity contribution >= 4 is 31.9 Å². The van der Waals surface area contributed by atoms with Gasteiger partial charge in [-0.25, -0.2) is 0 Å². The lowest BCUT2D eigenvalue weighted by Gasteiger charge is -2.19. The van der Waals surface area contributed by atoms with Crippen LogP contribution in [0.25, 0.3) is 0 Å². The monoisotopic (exact) mass is 242 g/mol. The highest BCUT2D eigenvalue weighted by atomic mass is 79.9. The molecule has 0 aromatic rings. The minimum absolute atomic E-state index is 0.462. The van der Waals surface area contributed by atoms with Gasteiger partial charge in [0.25, 0.3) is 0 Å². The summed E-state index contributed by atoms with van der Waals surface area (Å²) < 4.78 is 0. The molecular formula is C6H12Br2. The van der Waals surface area contributed by atoms with Gasteiger partial charge in [0.15, 0.2) is 0 Å². The molecule has 0 saturated heterocycles. The summed E-state index contributed by atoms with van der Waals surface area (Å²) in [6.45, 7) is 4.51. The Morgan fingerprint density at radius 1 is 1.25 bits per heavy atom. The summed E-state index contributed by atoms with van der Waals surface area (Å²) in [6, 6.07) is 0. The molecule has 0 aromatic carbocycles. The van der Waals surface area contributed by atoms with Gasteiger partial charge in [0, 0.05) is 10.7 Å². The summed E-state index contributed by atoms with van der Waals surface area (Å²) in [7, 11) is 0. The molecule has 50 valence electrons. The largest absolute Gasteiger partial charge is 0.0928 e. The van der Waals surface area contributed by atoms with Gasteiger partial charge in [-0.05, 0) is 11.8 Å². The molecule has 0 radical (unpaired) electrons. The van der Waals surface area contributed by atoms with E-state index in [1.54, 1.807) is 0 Å². The van der Waals surface area contributed by atoms with E-state index in [1.165, 1.54) is 6.42 Å². The van der Waals surface area contributed by atoms with Crippen molar-refractivity contribution in [1.82, 2.24) is 0 Å². The highest BCUT2D eigenvalue weighted by Crippen LogP contribution is 2.23. The van der Waals surface area contributed by atoms with Crippen LogP contribution in [0.3, 0.4) is 0 Å². The Morgan fingerprint density at radius 2 is 1.75 bits per heavy atom. The quantitative estimate of drug-likeness (QED) is 0.668. The lowest BCUT2D eigenvalue weighted by atomic mass is 9.94. The molecule has 0 bridgehead atoms. The SMILES string of the molecule is CC(C)(CBr)CCBr. The molecule has 0 heterocycles. The number of hydrogen-bond acceptors (Lipinski definition) is 0. The van der Waals surface area contributed by atoms with Crippen LogP contribution in [-0.4, -0.2) is 10.7 Å². The molecule has 0 aromatic heterocycles. The van der Waals surface area contributed by atoms with Crippen molar-refractivity contribution in [2.24, 2.45) is 5.41 Å². The van der Waals surface area contributed by atoms with Crippen LogP contribution in [0.2, 0.25) is 0 Å². The van der Waals surface area contributed by atoms with E-state index in [2.05, 4.69) is 45.7 Å². The number of rotatable bonds is 3. The second kappa shape index (κ2) is 3.89. The predicted molar refractivity (Wildman–Crippen MR) is 46.0 cm³/mol. The fourth-order valence-corrected chi connectivity index (χ4v) is 1.68. The molecule has 0 nitrogen and oxygen atoms in total. The van der Waals surface area contributed by atoms with Gasteiger partial charge in [0.05, 0.1) is 0 Å². The molecule has 0 aliphatic rings. The van der Waals surface area contributed by atoms with Crippen LogP contribution in [0.1, 0.15) is 20.3 Å². The van der Waals surface area contributed by atoms with Gasteiger partial charge in [0.2, 0.25) is 0 Å². The Hall–Kier alpha value is 0.960. The van der Waals surface area contributed by atoms with Crippen LogP contribution in [0.4, 0.5) is 0 Å². The lowest BCUT2D eigenvalue weighted by Crippen LogP contribution is -2.12. The van der Waals surface area contributed by atoms with Crippen LogP contribution >= 0.6 is 31.9 Å². The summed E-state index contributed by atoms with van der Waals surface area (Å²) in [5.74, 6) is 0. The molecule has 0 unspecified atom stereocenters. The molecule has 0 saturated carbocycles. The third-order valence-corrected chi connectivity index (χ3v) is 3.05. The molecule has 0 aliphatic heterocycles. The van der Waals surface area contributed by atoms with Crippen molar-refractivity contribution in [3.05, 3.63) is 0 Å². The zero-order chi connectivity index (χ0) is 6.62. The molecule has 2 heteroatoms. The van der Waals surface area contributed by atoms with E-state index >= 15 is 0 Å². The van der Waals surface area contributed by atoms with E-state index in [1.807, 2.05) is 0 Å². The molecule has 8 heavy (non-hydrogen) atoms. The maximum Gasteiger partial charge on any atom is 0.00829 e. The zero-order valence-corrected chi connectivity index (χ0v) is 8.55. The molecule has 0 aliphatic carbocycles. The van der Waals surface area contributed by atoms with Gasteiger partial charge in [-0.15, -0.1) is 0 Å². The van der Waals surface area contributed by atoms with E-state index in [0.717, 1.165) is 10.7 Å². The van der Waals surface area contributed by atoms with E-state index in [0.29, 0.717) is 5.41 Å². The van der Waals surface area contributed by atoms with Crippen molar-refractivity contribution in [1.29, 1.82) is 0 Å². The highest BCUT2D eigenvalue weighted by molar-refractivity contribution is 9.09. The molecule has 0 N–H and O–H groups in total. The van der Waals surface area contributed by atoms with Gasteiger partial charge >= 0.3 is 0 Å². The van der Waals surface area contributed by atoms with Crippen molar-refractivity contribution in [3.8, 4) is 0 Å². The number of hydrogen-bond donors (Lipinski definition) is 0. The predicted octanol–water partition coefficient (Wildman–Crippen LogP) is 3.19. The summed E-state index contributed by atoms with van der Waals surface area (Å²) in [5.41, 5.74) is 0.462. The Morgan fingerprint density at radius 3 is 1.88 bits per heavy atom. The van der Waals surface area contributed by atoms with E-state index in [9.17, 15) is 0 Å². The van der Waals surface area contributed by atoms with Gasteiger partial charge in [0.1, 0.15) is 0 Å². The molecule has 0 spiro atoms. The van der Waals surface area contributed by atoms with Crippen molar-refractivity contribution in [2.75, 3.05) is 10.7 Å². The second-order valence-electron chi connectivity index (χ2n) is 2.74. The van der Waals surface area contributed by atoms with Gasteiger partial charge in [-0.3, -0.25) is 0 Å². The number of halogens is 2. The fraction of sp³-hybridized carbons (Fsp3) is 1.00. The van der Waals surface area contributed by atoms with Crippen LogP contribution in [-0.2, 0) is 0 Å². The van der Waals surface area contributed by atoms with Crippen LogP contribution in [0, 0.1) is 5.41 Å². The highest BCUT2D eigenvalue weighted by Gasteiger charge is 2.13. The zero-order valence-electron chi connectivity index (χ0n) is 5.38. The van der Waals surface area contributed by atoms with Crippen molar-refractivity contribution < 1.29 is 0 Å². The normalized spacial score (nSPS) is 12.0. The van der Waals surface area contributed by atoms with Crippen LogP contribution < -0.4 is 0 Å². The van der Waals surface area contributed by atoms with Gasteiger partial charge < -0.3 is 0 Å². The van der Waals surface area contributed by atoms with Crippen LogP contribution in [0.5, 0.6) is 0 Å². The van der Waals surface area contributed by atoms with E-state index in [4.69, 9.17) is 0 Å². The fourth-order valence-electron chi connectivity index (χ4n) is 0.323. The van der Waals surface area contributed by atoms with E-state index < -0.39 is 0 Å². The van der Waals surface area contributed by atoms with Crippen molar-refractivity contribution in [2.45, 2.75) is 20.3 Å². The summed E-state index contributed by atoms with van der Waals surface area (Å²) in [6.07, 6.45) is 1.23. The third kappa shape index (κ3) is 3.90. The average Bonchev–Trinajstić information content (AvgIpc) is 1.67. The first-order chi connectivity index (χ1) is 3.62. The maximum atomic E-state index is 3.45. The first-order valence-corrected chi connectivity index (χ1v) is 4.98. The first kappa shape index (κ1) is 8.96. The van der Waals surface area contributed by atoms with Crippen molar-refractivity contribution in [3.63, 3.8) is 0 Å². The summed E-state index contributed by atoms with van der Waals surface area (Å²) in [4.78, 5) is 0. The Kier molecular flexibility index (Phi) is 4.35. The average molecular weight is 244 g/mol. The third-order valence-electron chi connectivity index (χ3n) is 1.13. The molecule has 0 rings (SSSR count). The minimum atomic E-state index is 0.462.